The van der Waals surface area contributed by atoms with Gasteiger partial charge in [0.25, 0.3) is 0 Å². The van der Waals surface area contributed by atoms with E-state index in [1.54, 1.807) is 0 Å². The van der Waals surface area contributed by atoms with Gasteiger partial charge in [0.1, 0.15) is 0 Å². The molecule has 0 radical (unpaired) electrons. The predicted octanol–water partition coefficient (Wildman–Crippen LogP) is 1.97. The van der Waals surface area contributed by atoms with Crippen LogP contribution in [0.1, 0.15) is 25.3 Å². The maximum atomic E-state index is 12.6. The number of nitrogens with zero attached hydrogens (tertiary/aromatic N) is 2. The Hall–Kier alpha value is -1.39. The largest absolute Gasteiger partial charge is 0.338 e. The molecule has 1 heterocycles. The normalized spacial score (nSPS) is 19.1. The summed E-state index contributed by atoms with van der Waals surface area (Å²) in [7, 11) is 2.00. The molecule has 1 aliphatic rings. The van der Waals surface area contributed by atoms with E-state index in [4.69, 9.17) is 0 Å². The van der Waals surface area contributed by atoms with Crippen molar-refractivity contribution >= 4 is 5.91 Å². The number of carbonyl (C=O) groups is 1. The zero-order valence-electron chi connectivity index (χ0n) is 13.9. The standard InChI is InChI=1S/C18H29N3O/c1-3-21(14-16-8-5-4-6-9-16)18(22)15-20-11-7-10-17(13-20)12-19-2/h4-6,8-9,17,19H,3,7,10-15H2,1-2H3. The van der Waals surface area contributed by atoms with E-state index in [0.717, 1.165) is 26.2 Å². The average Bonchev–Trinajstić information content (AvgIpc) is 2.54. The molecule has 1 amide bonds. The molecule has 1 atom stereocenters. The molecule has 1 aromatic carbocycles. The number of piperidine rings is 1. The minimum absolute atomic E-state index is 0.247. The Balaban J connectivity index is 1.86. The van der Waals surface area contributed by atoms with Crippen LogP contribution in [0.25, 0.3) is 0 Å². The van der Waals surface area contributed by atoms with Crippen LogP contribution in [-0.4, -0.2) is 55.5 Å². The van der Waals surface area contributed by atoms with E-state index in [0.29, 0.717) is 19.0 Å². The lowest BCUT2D eigenvalue weighted by molar-refractivity contribution is -0.133. The zero-order chi connectivity index (χ0) is 15.8. The molecule has 0 aliphatic carbocycles. The molecule has 0 aromatic heterocycles. The fourth-order valence-corrected chi connectivity index (χ4v) is 3.22. The third-order valence-corrected chi connectivity index (χ3v) is 4.41. The Kier molecular flexibility index (Phi) is 6.87. The molecule has 22 heavy (non-hydrogen) atoms. The lowest BCUT2D eigenvalue weighted by atomic mass is 9.98. The SMILES string of the molecule is CCN(Cc1ccccc1)C(=O)CN1CCCC(CNC)C1. The van der Waals surface area contributed by atoms with Gasteiger partial charge in [-0.2, -0.15) is 0 Å². The topological polar surface area (TPSA) is 35.6 Å². The van der Waals surface area contributed by atoms with Crippen LogP contribution in [0.3, 0.4) is 0 Å². The fourth-order valence-electron chi connectivity index (χ4n) is 3.22. The van der Waals surface area contributed by atoms with Crippen molar-refractivity contribution in [2.75, 3.05) is 39.8 Å². The summed E-state index contributed by atoms with van der Waals surface area (Å²) in [5.41, 5.74) is 1.20. The molecule has 1 aliphatic heterocycles. The van der Waals surface area contributed by atoms with Crippen LogP contribution in [0, 0.1) is 5.92 Å². The first-order valence-electron chi connectivity index (χ1n) is 8.41. The van der Waals surface area contributed by atoms with E-state index in [1.165, 1.54) is 18.4 Å². The maximum absolute atomic E-state index is 12.6. The van der Waals surface area contributed by atoms with Crippen molar-refractivity contribution < 1.29 is 4.79 Å². The monoisotopic (exact) mass is 303 g/mol. The van der Waals surface area contributed by atoms with Crippen LogP contribution in [0.15, 0.2) is 30.3 Å². The molecule has 4 nitrogen and oxygen atoms in total. The molecule has 2 rings (SSSR count). The lowest BCUT2D eigenvalue weighted by Crippen LogP contribution is -2.45. The quantitative estimate of drug-likeness (QED) is 0.836. The molecule has 122 valence electrons. The van der Waals surface area contributed by atoms with Crippen molar-refractivity contribution in [3.8, 4) is 0 Å². The highest BCUT2D eigenvalue weighted by Crippen LogP contribution is 2.16. The van der Waals surface area contributed by atoms with Crippen molar-refractivity contribution in [2.45, 2.75) is 26.3 Å². The Morgan fingerprint density at radius 1 is 1.36 bits per heavy atom. The summed E-state index contributed by atoms with van der Waals surface area (Å²) >= 11 is 0. The Bertz CT molecular complexity index is 447. The molecular weight excluding hydrogens is 274 g/mol. The molecule has 1 N–H and O–H groups in total. The first-order chi connectivity index (χ1) is 10.7. The molecule has 0 spiro atoms. The summed E-state index contributed by atoms with van der Waals surface area (Å²) in [5.74, 6) is 0.923. The van der Waals surface area contributed by atoms with E-state index in [1.807, 2.05) is 30.1 Å². The molecule has 0 bridgehead atoms. The summed E-state index contributed by atoms with van der Waals surface area (Å²) in [6, 6.07) is 10.2. The summed E-state index contributed by atoms with van der Waals surface area (Å²) < 4.78 is 0. The number of likely N-dealkylation sites (N-methyl/N-ethyl adjacent to an activating group) is 1. The number of nitrogens with one attached hydrogen (secondary N) is 1. The molecule has 1 fully saturated rings. The van der Waals surface area contributed by atoms with Gasteiger partial charge in [-0.25, -0.2) is 0 Å². The van der Waals surface area contributed by atoms with Gasteiger partial charge in [-0.05, 0) is 51.4 Å². The lowest BCUT2D eigenvalue weighted by Gasteiger charge is -2.33. The molecular formula is C18H29N3O. The van der Waals surface area contributed by atoms with Gasteiger partial charge >= 0.3 is 0 Å². The smallest absolute Gasteiger partial charge is 0.237 e. The molecule has 1 aromatic rings. The van der Waals surface area contributed by atoms with Crippen molar-refractivity contribution in [1.29, 1.82) is 0 Å². The van der Waals surface area contributed by atoms with E-state index in [9.17, 15) is 4.79 Å². The number of hydrogen-bond donors (Lipinski definition) is 1. The van der Waals surface area contributed by atoms with Gasteiger partial charge in [0, 0.05) is 19.6 Å². The van der Waals surface area contributed by atoms with Crippen molar-refractivity contribution in [3.05, 3.63) is 35.9 Å². The molecule has 1 unspecified atom stereocenters. The van der Waals surface area contributed by atoms with Gasteiger partial charge in [-0.3, -0.25) is 9.69 Å². The van der Waals surface area contributed by atoms with E-state index in [2.05, 4.69) is 29.3 Å². The Labute approximate surface area is 134 Å². The van der Waals surface area contributed by atoms with Crippen molar-refractivity contribution in [3.63, 3.8) is 0 Å². The van der Waals surface area contributed by atoms with Crippen molar-refractivity contribution in [1.82, 2.24) is 15.1 Å². The number of likely N-dealkylation sites (tertiary alicyclic amines) is 1. The van der Waals surface area contributed by atoms with Crippen LogP contribution in [0.2, 0.25) is 0 Å². The number of rotatable bonds is 7. The van der Waals surface area contributed by atoms with E-state index >= 15 is 0 Å². The second-order valence-electron chi connectivity index (χ2n) is 6.19. The first-order valence-corrected chi connectivity index (χ1v) is 8.41. The third kappa shape index (κ3) is 5.11. The number of carbonyl (C=O) groups excluding carboxylic acids is 1. The van der Waals surface area contributed by atoms with Crippen LogP contribution >= 0.6 is 0 Å². The molecule has 1 saturated heterocycles. The predicted molar refractivity (Wildman–Crippen MR) is 90.6 cm³/mol. The molecule has 4 heteroatoms. The van der Waals surface area contributed by atoms with Gasteiger partial charge in [0.15, 0.2) is 0 Å². The Morgan fingerprint density at radius 2 is 2.14 bits per heavy atom. The average molecular weight is 303 g/mol. The fraction of sp³-hybridized carbons (Fsp3) is 0.611. The zero-order valence-corrected chi connectivity index (χ0v) is 13.9. The summed E-state index contributed by atoms with van der Waals surface area (Å²) in [6.45, 7) is 7.23. The number of benzene rings is 1. The second kappa shape index (κ2) is 8.91. The van der Waals surface area contributed by atoms with Gasteiger partial charge in [0.2, 0.25) is 5.91 Å². The molecule has 0 saturated carbocycles. The minimum atomic E-state index is 0.247. The van der Waals surface area contributed by atoms with Crippen molar-refractivity contribution in [2.24, 2.45) is 5.92 Å². The first kappa shape index (κ1) is 17.0. The summed E-state index contributed by atoms with van der Waals surface area (Å²) in [6.07, 6.45) is 2.47. The van der Waals surface area contributed by atoms with Gasteiger partial charge in [-0.15, -0.1) is 0 Å². The van der Waals surface area contributed by atoms with Gasteiger partial charge < -0.3 is 10.2 Å². The summed E-state index contributed by atoms with van der Waals surface area (Å²) in [4.78, 5) is 16.9. The third-order valence-electron chi connectivity index (χ3n) is 4.41. The van der Waals surface area contributed by atoms with E-state index < -0.39 is 0 Å². The highest BCUT2D eigenvalue weighted by atomic mass is 16.2. The maximum Gasteiger partial charge on any atom is 0.237 e. The van der Waals surface area contributed by atoms with E-state index in [-0.39, 0.29) is 5.91 Å². The highest BCUT2D eigenvalue weighted by molar-refractivity contribution is 5.78. The second-order valence-corrected chi connectivity index (χ2v) is 6.19. The number of hydrogen-bond acceptors (Lipinski definition) is 3. The van der Waals surface area contributed by atoms with Gasteiger partial charge in [-0.1, -0.05) is 30.3 Å². The van der Waals surface area contributed by atoms with Gasteiger partial charge in [0.05, 0.1) is 6.54 Å². The minimum Gasteiger partial charge on any atom is -0.338 e. The van der Waals surface area contributed by atoms with Crippen LogP contribution in [0.5, 0.6) is 0 Å². The number of amides is 1. The van der Waals surface area contributed by atoms with Crippen LogP contribution in [0.4, 0.5) is 0 Å². The van der Waals surface area contributed by atoms with Crippen LogP contribution < -0.4 is 5.32 Å². The van der Waals surface area contributed by atoms with Crippen LogP contribution in [-0.2, 0) is 11.3 Å². The Morgan fingerprint density at radius 3 is 2.82 bits per heavy atom. The summed E-state index contributed by atoms with van der Waals surface area (Å²) in [5, 5.41) is 3.26. The highest BCUT2D eigenvalue weighted by Gasteiger charge is 2.22.